The second-order valence-corrected chi connectivity index (χ2v) is 6.15. The quantitative estimate of drug-likeness (QED) is 0.522. The maximum Gasteiger partial charge on any atom is 0.354 e. The maximum absolute atomic E-state index is 11.9. The summed E-state index contributed by atoms with van der Waals surface area (Å²) in [6, 6.07) is 7.49. The standard InChI is InChI=1S/C17H19N7O2/c1-2-21-7-9-22(10-8-21)16-15(24(25)26)17(19-11-18-16)23-12-20-13-5-3-4-6-14(13)23/h3-6,11-12H,2,7-10H2,1H3. The van der Waals surface area contributed by atoms with E-state index >= 15 is 0 Å². The van der Waals surface area contributed by atoms with Gasteiger partial charge in [-0.1, -0.05) is 19.1 Å². The van der Waals surface area contributed by atoms with Crippen molar-refractivity contribution in [2.24, 2.45) is 0 Å². The van der Waals surface area contributed by atoms with Gasteiger partial charge in [0.2, 0.25) is 11.6 Å². The third-order valence-electron chi connectivity index (χ3n) is 4.77. The van der Waals surface area contributed by atoms with Gasteiger partial charge < -0.3 is 9.80 Å². The Labute approximate surface area is 150 Å². The molecule has 3 aromatic rings. The topological polar surface area (TPSA) is 93.2 Å². The largest absolute Gasteiger partial charge is 0.354 e. The molecule has 0 bridgehead atoms. The van der Waals surface area contributed by atoms with Crippen LogP contribution in [0.15, 0.2) is 36.9 Å². The third-order valence-corrected chi connectivity index (χ3v) is 4.77. The van der Waals surface area contributed by atoms with E-state index in [4.69, 9.17) is 0 Å². The van der Waals surface area contributed by atoms with Crippen LogP contribution in [0.4, 0.5) is 11.5 Å². The van der Waals surface area contributed by atoms with E-state index in [-0.39, 0.29) is 11.5 Å². The summed E-state index contributed by atoms with van der Waals surface area (Å²) in [4.78, 5) is 28.6. The van der Waals surface area contributed by atoms with Crippen molar-refractivity contribution in [2.45, 2.75) is 6.92 Å². The number of para-hydroxylation sites is 2. The molecule has 3 heterocycles. The fourth-order valence-electron chi connectivity index (χ4n) is 3.34. The molecule has 0 amide bonds. The zero-order valence-electron chi connectivity index (χ0n) is 14.4. The summed E-state index contributed by atoms with van der Waals surface area (Å²) in [5.41, 5.74) is 1.45. The van der Waals surface area contributed by atoms with E-state index < -0.39 is 4.92 Å². The first-order valence-electron chi connectivity index (χ1n) is 8.58. The van der Waals surface area contributed by atoms with Gasteiger partial charge in [0.05, 0.1) is 16.0 Å². The summed E-state index contributed by atoms with van der Waals surface area (Å²) in [7, 11) is 0. The fraction of sp³-hybridized carbons (Fsp3) is 0.353. The van der Waals surface area contributed by atoms with Gasteiger partial charge in [0.1, 0.15) is 12.7 Å². The molecule has 9 heteroatoms. The molecule has 0 spiro atoms. The Morgan fingerprint density at radius 3 is 2.54 bits per heavy atom. The summed E-state index contributed by atoms with van der Waals surface area (Å²) < 4.78 is 1.65. The number of benzene rings is 1. The van der Waals surface area contributed by atoms with Crippen molar-refractivity contribution in [3.05, 3.63) is 47.0 Å². The van der Waals surface area contributed by atoms with Crippen molar-refractivity contribution in [1.82, 2.24) is 24.4 Å². The third kappa shape index (κ3) is 2.76. The zero-order valence-corrected chi connectivity index (χ0v) is 14.4. The molecule has 1 saturated heterocycles. The van der Waals surface area contributed by atoms with E-state index in [1.807, 2.05) is 29.2 Å². The smallest absolute Gasteiger partial charge is 0.348 e. The number of hydrogen-bond donors (Lipinski definition) is 0. The van der Waals surface area contributed by atoms with Crippen LogP contribution >= 0.6 is 0 Å². The molecule has 1 aliphatic heterocycles. The lowest BCUT2D eigenvalue weighted by molar-refractivity contribution is -0.384. The molecule has 26 heavy (non-hydrogen) atoms. The van der Waals surface area contributed by atoms with Gasteiger partial charge in [-0.2, -0.15) is 0 Å². The number of rotatable bonds is 4. The van der Waals surface area contributed by atoms with Gasteiger partial charge in [0.15, 0.2) is 0 Å². The molecule has 0 atom stereocenters. The van der Waals surface area contributed by atoms with Crippen molar-refractivity contribution in [2.75, 3.05) is 37.6 Å². The van der Waals surface area contributed by atoms with Crippen LogP contribution in [0.1, 0.15) is 6.92 Å². The average molecular weight is 353 g/mol. The normalized spacial score (nSPS) is 15.5. The number of hydrogen-bond acceptors (Lipinski definition) is 7. The number of likely N-dealkylation sites (N-methyl/N-ethyl adjacent to an activating group) is 1. The van der Waals surface area contributed by atoms with Crippen LogP contribution in [-0.2, 0) is 0 Å². The van der Waals surface area contributed by atoms with Crippen LogP contribution in [0.5, 0.6) is 0 Å². The van der Waals surface area contributed by atoms with Crippen molar-refractivity contribution in [3.63, 3.8) is 0 Å². The van der Waals surface area contributed by atoms with Crippen LogP contribution in [0, 0.1) is 10.1 Å². The van der Waals surface area contributed by atoms with E-state index in [1.54, 1.807) is 10.9 Å². The van der Waals surface area contributed by atoms with Gasteiger partial charge >= 0.3 is 5.69 Å². The highest BCUT2D eigenvalue weighted by atomic mass is 16.6. The molecule has 0 N–H and O–H groups in total. The van der Waals surface area contributed by atoms with Gasteiger partial charge in [0.25, 0.3) is 0 Å². The SMILES string of the molecule is CCN1CCN(c2ncnc(-n3cnc4ccccc43)c2[N+](=O)[O-])CC1. The number of piperazine rings is 1. The van der Waals surface area contributed by atoms with E-state index in [2.05, 4.69) is 26.8 Å². The van der Waals surface area contributed by atoms with Crippen LogP contribution in [0.2, 0.25) is 0 Å². The highest BCUT2D eigenvalue weighted by Gasteiger charge is 2.30. The minimum absolute atomic E-state index is 0.0828. The number of fused-ring (bicyclic) bond motifs is 1. The highest BCUT2D eigenvalue weighted by Crippen LogP contribution is 2.32. The Hall–Kier alpha value is -3.07. The Morgan fingerprint density at radius 2 is 1.81 bits per heavy atom. The van der Waals surface area contributed by atoms with Gasteiger partial charge in [-0.05, 0) is 18.7 Å². The Kier molecular flexibility index (Phi) is 4.21. The number of aromatic nitrogens is 4. The lowest BCUT2D eigenvalue weighted by atomic mass is 10.3. The average Bonchev–Trinajstić information content (AvgIpc) is 3.11. The molecule has 0 radical (unpaired) electrons. The molecular formula is C17H19N7O2. The predicted octanol–water partition coefficient (Wildman–Crippen LogP) is 1.87. The fourth-order valence-corrected chi connectivity index (χ4v) is 3.34. The summed E-state index contributed by atoms with van der Waals surface area (Å²) in [5.74, 6) is 0.611. The van der Waals surface area contributed by atoms with Crippen molar-refractivity contribution in [3.8, 4) is 5.82 Å². The first-order chi connectivity index (χ1) is 12.7. The molecule has 1 aromatic carbocycles. The van der Waals surface area contributed by atoms with Crippen molar-refractivity contribution < 1.29 is 4.92 Å². The van der Waals surface area contributed by atoms with Crippen LogP contribution < -0.4 is 4.90 Å². The minimum atomic E-state index is -0.397. The zero-order chi connectivity index (χ0) is 18.1. The Morgan fingerprint density at radius 1 is 1.08 bits per heavy atom. The second kappa shape index (κ2) is 6.68. The molecule has 0 saturated carbocycles. The Bertz CT molecular complexity index is 947. The molecule has 1 aliphatic rings. The molecule has 0 unspecified atom stereocenters. The molecule has 4 rings (SSSR count). The van der Waals surface area contributed by atoms with Gasteiger partial charge in [0, 0.05) is 26.2 Å². The van der Waals surface area contributed by atoms with Crippen molar-refractivity contribution in [1.29, 1.82) is 0 Å². The highest BCUT2D eigenvalue weighted by molar-refractivity contribution is 5.79. The van der Waals surface area contributed by atoms with E-state index in [0.29, 0.717) is 18.9 Å². The van der Waals surface area contributed by atoms with Crippen molar-refractivity contribution >= 4 is 22.5 Å². The second-order valence-electron chi connectivity index (χ2n) is 6.15. The predicted molar refractivity (Wildman–Crippen MR) is 97.6 cm³/mol. The van der Waals surface area contributed by atoms with Crippen LogP contribution in [0.25, 0.3) is 16.9 Å². The minimum Gasteiger partial charge on any atom is -0.348 e. The van der Waals surface area contributed by atoms with E-state index in [0.717, 1.165) is 30.7 Å². The first kappa shape index (κ1) is 16.4. The number of nitro groups is 1. The summed E-state index contributed by atoms with van der Waals surface area (Å²) in [6.45, 7) is 6.23. The number of imidazole rings is 1. The molecule has 134 valence electrons. The summed E-state index contributed by atoms with van der Waals surface area (Å²) in [5, 5.41) is 11.9. The summed E-state index contributed by atoms with van der Waals surface area (Å²) in [6.07, 6.45) is 2.96. The molecule has 0 aliphatic carbocycles. The molecule has 2 aromatic heterocycles. The number of nitrogens with zero attached hydrogens (tertiary/aromatic N) is 7. The lowest BCUT2D eigenvalue weighted by Crippen LogP contribution is -2.46. The van der Waals surface area contributed by atoms with Gasteiger partial charge in [-0.25, -0.2) is 15.0 Å². The Balaban J connectivity index is 1.80. The van der Waals surface area contributed by atoms with Crippen LogP contribution in [-0.4, -0.2) is 62.1 Å². The van der Waals surface area contributed by atoms with Crippen LogP contribution in [0.3, 0.4) is 0 Å². The molecular weight excluding hydrogens is 334 g/mol. The molecule has 9 nitrogen and oxygen atoms in total. The molecule has 1 fully saturated rings. The maximum atomic E-state index is 11.9. The van der Waals surface area contributed by atoms with Gasteiger partial charge in [-0.3, -0.25) is 14.7 Å². The van der Waals surface area contributed by atoms with Gasteiger partial charge in [-0.15, -0.1) is 0 Å². The lowest BCUT2D eigenvalue weighted by Gasteiger charge is -2.34. The summed E-state index contributed by atoms with van der Waals surface area (Å²) >= 11 is 0. The monoisotopic (exact) mass is 353 g/mol. The number of anilines is 1. The first-order valence-corrected chi connectivity index (χ1v) is 8.58. The van der Waals surface area contributed by atoms with E-state index in [9.17, 15) is 10.1 Å². The van der Waals surface area contributed by atoms with E-state index in [1.165, 1.54) is 6.33 Å².